The van der Waals surface area contributed by atoms with E-state index in [4.69, 9.17) is 16.3 Å². The molecule has 7 nitrogen and oxygen atoms in total. The minimum absolute atomic E-state index is 0.0677. The predicted octanol–water partition coefficient (Wildman–Crippen LogP) is 5.09. The summed E-state index contributed by atoms with van der Waals surface area (Å²) in [4.78, 5) is 38.8. The van der Waals surface area contributed by atoms with Gasteiger partial charge in [0.2, 0.25) is 11.8 Å². The van der Waals surface area contributed by atoms with Crippen LogP contribution in [0, 0.1) is 5.92 Å². The topological polar surface area (TPSA) is 87.7 Å². The first kappa shape index (κ1) is 28.0. The smallest absolute Gasteiger partial charge is 0.417 e. The molecule has 1 fully saturated rings. The first-order valence-electron chi connectivity index (χ1n) is 12.1. The molecular weight excluding hydrogens is 535 g/mol. The van der Waals surface area contributed by atoms with Crippen molar-refractivity contribution in [3.8, 4) is 5.75 Å². The van der Waals surface area contributed by atoms with E-state index in [1.54, 1.807) is 24.3 Å². The van der Waals surface area contributed by atoms with Gasteiger partial charge in [-0.3, -0.25) is 14.4 Å². The molecule has 1 heterocycles. The lowest BCUT2D eigenvalue weighted by molar-refractivity contribution is -0.137. The zero-order valence-corrected chi connectivity index (χ0v) is 21.4. The summed E-state index contributed by atoms with van der Waals surface area (Å²) in [5, 5.41) is 4.77. The summed E-state index contributed by atoms with van der Waals surface area (Å²) in [5.41, 5.74) is 0.572. The van der Waals surface area contributed by atoms with Crippen molar-refractivity contribution < 1.29 is 32.3 Å². The molecule has 0 radical (unpaired) electrons. The fraction of sp³-hybridized carbons (Fsp3) is 0.250. The van der Waals surface area contributed by atoms with Crippen LogP contribution < -0.4 is 20.3 Å². The molecule has 4 rings (SSSR count). The molecule has 0 unspecified atom stereocenters. The lowest BCUT2D eigenvalue weighted by Gasteiger charge is -2.17. The summed E-state index contributed by atoms with van der Waals surface area (Å²) in [6.07, 6.45) is -3.85. The van der Waals surface area contributed by atoms with Crippen LogP contribution in [0.2, 0.25) is 5.02 Å². The molecule has 1 atom stereocenters. The number of alkyl halides is 3. The van der Waals surface area contributed by atoms with Crippen LogP contribution >= 0.6 is 11.6 Å². The number of halogens is 4. The van der Waals surface area contributed by atoms with Crippen LogP contribution in [0.1, 0.15) is 17.5 Å². The van der Waals surface area contributed by atoms with Crippen LogP contribution in [-0.4, -0.2) is 37.4 Å². The van der Waals surface area contributed by atoms with Gasteiger partial charge in [0.05, 0.1) is 16.5 Å². The fourth-order valence-corrected chi connectivity index (χ4v) is 4.37. The predicted molar refractivity (Wildman–Crippen MR) is 141 cm³/mol. The molecule has 3 aromatic carbocycles. The van der Waals surface area contributed by atoms with Crippen molar-refractivity contribution in [2.45, 2.75) is 19.0 Å². The van der Waals surface area contributed by atoms with E-state index < -0.39 is 35.2 Å². The van der Waals surface area contributed by atoms with E-state index in [1.165, 1.54) is 11.0 Å². The van der Waals surface area contributed by atoms with E-state index in [2.05, 4.69) is 10.6 Å². The van der Waals surface area contributed by atoms with Crippen LogP contribution in [0.4, 0.5) is 24.5 Å². The van der Waals surface area contributed by atoms with Crippen molar-refractivity contribution in [1.29, 1.82) is 0 Å². The molecule has 11 heteroatoms. The maximum absolute atomic E-state index is 13.0. The first-order valence-corrected chi connectivity index (χ1v) is 12.5. The summed E-state index contributed by atoms with van der Waals surface area (Å²) in [6.45, 7) is 0.283. The summed E-state index contributed by atoms with van der Waals surface area (Å²) in [5.74, 6) is -1.14. The molecule has 0 spiro atoms. The normalized spacial score (nSPS) is 15.2. The third-order valence-electron chi connectivity index (χ3n) is 6.13. The van der Waals surface area contributed by atoms with Crippen molar-refractivity contribution >= 4 is 40.7 Å². The summed E-state index contributed by atoms with van der Waals surface area (Å²) < 4.78 is 44.4. The Bertz CT molecular complexity index is 1330. The van der Waals surface area contributed by atoms with E-state index in [0.29, 0.717) is 24.4 Å². The molecule has 0 aliphatic carbocycles. The molecule has 2 N–H and O–H groups in total. The minimum Gasteiger partial charge on any atom is -0.484 e. The number of benzene rings is 3. The number of nitrogens with one attached hydrogen (secondary N) is 2. The third kappa shape index (κ3) is 7.51. The van der Waals surface area contributed by atoms with E-state index in [-0.39, 0.29) is 30.5 Å². The zero-order valence-electron chi connectivity index (χ0n) is 20.6. The van der Waals surface area contributed by atoms with E-state index in [0.717, 1.165) is 17.7 Å². The Morgan fingerprint density at radius 3 is 2.44 bits per heavy atom. The van der Waals surface area contributed by atoms with Crippen LogP contribution in [-0.2, 0) is 27.0 Å². The maximum atomic E-state index is 13.0. The second kappa shape index (κ2) is 12.2. The largest absolute Gasteiger partial charge is 0.484 e. The van der Waals surface area contributed by atoms with Gasteiger partial charge in [-0.15, -0.1) is 0 Å². The quantitative estimate of drug-likeness (QED) is 0.382. The summed E-state index contributed by atoms with van der Waals surface area (Å²) >= 11 is 5.59. The van der Waals surface area contributed by atoms with Gasteiger partial charge < -0.3 is 20.3 Å². The SMILES string of the molecule is O=C(COc1ccc(N2C[C@H](C(=O)NCCc3ccccc3)CC2=O)cc1)Nc1ccc(Cl)c(C(F)(F)F)c1. The van der Waals surface area contributed by atoms with Crippen molar-refractivity contribution in [2.75, 3.05) is 29.9 Å². The van der Waals surface area contributed by atoms with Gasteiger partial charge in [-0.1, -0.05) is 41.9 Å². The maximum Gasteiger partial charge on any atom is 0.417 e. The Kier molecular flexibility index (Phi) is 8.75. The molecule has 204 valence electrons. The molecule has 3 amide bonds. The van der Waals surface area contributed by atoms with Crippen molar-refractivity contribution in [2.24, 2.45) is 5.92 Å². The zero-order chi connectivity index (χ0) is 28.0. The highest BCUT2D eigenvalue weighted by Crippen LogP contribution is 2.36. The highest BCUT2D eigenvalue weighted by atomic mass is 35.5. The van der Waals surface area contributed by atoms with Gasteiger partial charge in [-0.25, -0.2) is 0 Å². The van der Waals surface area contributed by atoms with Gasteiger partial charge in [0, 0.05) is 30.9 Å². The number of nitrogens with zero attached hydrogens (tertiary/aromatic N) is 1. The summed E-state index contributed by atoms with van der Waals surface area (Å²) in [7, 11) is 0. The molecule has 0 bridgehead atoms. The molecule has 3 aromatic rings. The van der Waals surface area contributed by atoms with Crippen LogP contribution in [0.5, 0.6) is 5.75 Å². The van der Waals surface area contributed by atoms with Crippen LogP contribution in [0.3, 0.4) is 0 Å². The van der Waals surface area contributed by atoms with E-state index >= 15 is 0 Å². The number of hydrogen-bond donors (Lipinski definition) is 2. The van der Waals surface area contributed by atoms with Crippen LogP contribution in [0.15, 0.2) is 72.8 Å². The van der Waals surface area contributed by atoms with Gasteiger partial charge in [-0.05, 0) is 54.4 Å². The minimum atomic E-state index is -4.65. The van der Waals surface area contributed by atoms with Crippen molar-refractivity contribution in [3.63, 3.8) is 0 Å². The van der Waals surface area contributed by atoms with E-state index in [9.17, 15) is 27.6 Å². The molecule has 1 saturated heterocycles. The second-order valence-corrected chi connectivity index (χ2v) is 9.36. The molecule has 0 saturated carbocycles. The molecule has 0 aromatic heterocycles. The van der Waals surface area contributed by atoms with E-state index in [1.807, 2.05) is 30.3 Å². The Labute approximate surface area is 227 Å². The Balaban J connectivity index is 1.25. The van der Waals surface area contributed by atoms with Crippen molar-refractivity contribution in [1.82, 2.24) is 5.32 Å². The molecule has 1 aliphatic heterocycles. The van der Waals surface area contributed by atoms with Gasteiger partial charge in [0.15, 0.2) is 6.61 Å². The van der Waals surface area contributed by atoms with Gasteiger partial charge in [0.1, 0.15) is 5.75 Å². The second-order valence-electron chi connectivity index (χ2n) is 8.96. The Hall–Kier alpha value is -4.05. The third-order valence-corrected chi connectivity index (χ3v) is 6.45. The van der Waals surface area contributed by atoms with Gasteiger partial charge in [-0.2, -0.15) is 13.2 Å². The standard InChI is InChI=1S/C28H25ClF3N3O4/c29-24-11-6-20(15-23(24)28(30,31)32)34-25(36)17-39-22-9-7-21(8-10-22)35-16-19(14-26(35)37)27(38)33-13-12-18-4-2-1-3-5-18/h1-11,15,19H,12-14,16-17H2,(H,33,38)(H,34,36)/t19-/m1/s1. The number of anilines is 2. The Morgan fingerprint density at radius 2 is 1.74 bits per heavy atom. The van der Waals surface area contributed by atoms with Gasteiger partial charge in [0.25, 0.3) is 5.91 Å². The number of carbonyl (C=O) groups excluding carboxylic acids is 3. The number of carbonyl (C=O) groups is 3. The average Bonchev–Trinajstić information content (AvgIpc) is 3.30. The monoisotopic (exact) mass is 559 g/mol. The van der Waals surface area contributed by atoms with Crippen LogP contribution in [0.25, 0.3) is 0 Å². The fourth-order valence-electron chi connectivity index (χ4n) is 4.14. The number of ether oxygens (including phenoxy) is 1. The lowest BCUT2D eigenvalue weighted by atomic mass is 10.1. The number of rotatable bonds is 9. The number of hydrogen-bond acceptors (Lipinski definition) is 4. The highest BCUT2D eigenvalue weighted by molar-refractivity contribution is 6.31. The average molecular weight is 560 g/mol. The Morgan fingerprint density at radius 1 is 1.03 bits per heavy atom. The summed E-state index contributed by atoms with van der Waals surface area (Å²) in [6, 6.07) is 19.2. The lowest BCUT2D eigenvalue weighted by Crippen LogP contribution is -2.34. The van der Waals surface area contributed by atoms with Crippen molar-refractivity contribution in [3.05, 3.63) is 88.9 Å². The highest BCUT2D eigenvalue weighted by Gasteiger charge is 2.35. The number of amides is 3. The molecular formula is C28H25ClF3N3O4. The van der Waals surface area contributed by atoms with Gasteiger partial charge >= 0.3 is 6.18 Å². The molecule has 1 aliphatic rings. The first-order chi connectivity index (χ1) is 18.6. The molecule has 39 heavy (non-hydrogen) atoms.